The van der Waals surface area contributed by atoms with Crippen LogP contribution in [0.2, 0.25) is 0 Å². The van der Waals surface area contributed by atoms with E-state index in [1.807, 2.05) is 6.08 Å². The smallest absolute Gasteiger partial charge is 0.331 e. The average Bonchev–Trinajstić information content (AvgIpc) is 3.14. The minimum absolute atomic E-state index is 0.0793. The van der Waals surface area contributed by atoms with E-state index in [0.29, 0.717) is 23.5 Å². The van der Waals surface area contributed by atoms with Crippen LogP contribution in [0.4, 0.5) is 0 Å². The average molecular weight is 354 g/mol. The van der Waals surface area contributed by atoms with E-state index in [1.165, 1.54) is 24.8 Å². The SMILES string of the molecule is CC[C@@H]1CC2=CC(=O)CC[C@@H]2[C@H]2CC[C@@]3(C)[C@@H](CC[C@@]34C=CC(=O)O4)[C@H]12. The maximum atomic E-state index is 12.0. The van der Waals surface area contributed by atoms with Crippen LogP contribution in [-0.2, 0) is 14.3 Å². The van der Waals surface area contributed by atoms with Crippen molar-refractivity contribution < 1.29 is 14.3 Å². The quantitative estimate of drug-likeness (QED) is 0.646. The molecule has 1 heterocycles. The summed E-state index contributed by atoms with van der Waals surface area (Å²) in [6.07, 6.45) is 14.4. The molecule has 0 N–H and O–H groups in total. The van der Waals surface area contributed by atoms with Gasteiger partial charge < -0.3 is 4.74 Å². The van der Waals surface area contributed by atoms with Crippen LogP contribution in [0.25, 0.3) is 0 Å². The highest BCUT2D eigenvalue weighted by Gasteiger charge is 2.65. The van der Waals surface area contributed by atoms with Crippen molar-refractivity contribution in [2.24, 2.45) is 35.0 Å². The fourth-order valence-electron chi connectivity index (χ4n) is 7.72. The molecule has 4 aliphatic carbocycles. The topological polar surface area (TPSA) is 43.4 Å². The van der Waals surface area contributed by atoms with Gasteiger partial charge in [0.25, 0.3) is 0 Å². The van der Waals surface area contributed by atoms with Crippen LogP contribution in [0.1, 0.15) is 65.2 Å². The third-order valence-electron chi connectivity index (χ3n) is 8.95. The Balaban J connectivity index is 1.52. The van der Waals surface area contributed by atoms with E-state index in [-0.39, 0.29) is 17.0 Å². The summed E-state index contributed by atoms with van der Waals surface area (Å²) >= 11 is 0. The number of ketones is 1. The number of allylic oxidation sites excluding steroid dienone is 1. The van der Waals surface area contributed by atoms with Gasteiger partial charge in [0.1, 0.15) is 5.60 Å². The number of carbonyl (C=O) groups is 2. The Morgan fingerprint density at radius 3 is 2.77 bits per heavy atom. The number of ether oxygens (including phenoxy) is 1. The molecule has 7 atom stereocenters. The van der Waals surface area contributed by atoms with Crippen molar-refractivity contribution in [3.8, 4) is 0 Å². The van der Waals surface area contributed by atoms with Crippen LogP contribution in [-0.4, -0.2) is 17.4 Å². The molecule has 0 bridgehead atoms. The predicted molar refractivity (Wildman–Crippen MR) is 99.2 cm³/mol. The zero-order valence-corrected chi connectivity index (χ0v) is 16.0. The minimum atomic E-state index is -0.351. The molecule has 0 amide bonds. The van der Waals surface area contributed by atoms with Gasteiger partial charge in [-0.1, -0.05) is 25.8 Å². The van der Waals surface area contributed by atoms with Gasteiger partial charge in [-0.3, -0.25) is 4.79 Å². The number of rotatable bonds is 1. The Kier molecular flexibility index (Phi) is 3.59. The first kappa shape index (κ1) is 16.8. The second kappa shape index (κ2) is 5.56. The van der Waals surface area contributed by atoms with Crippen LogP contribution in [0, 0.1) is 35.0 Å². The molecule has 3 fully saturated rings. The fourth-order valence-corrected chi connectivity index (χ4v) is 7.72. The molecule has 0 saturated heterocycles. The van der Waals surface area contributed by atoms with Crippen LogP contribution in [0.3, 0.4) is 0 Å². The maximum Gasteiger partial charge on any atom is 0.331 e. The Labute approximate surface area is 156 Å². The van der Waals surface area contributed by atoms with Crippen molar-refractivity contribution in [2.45, 2.75) is 70.8 Å². The van der Waals surface area contributed by atoms with E-state index < -0.39 is 0 Å². The van der Waals surface area contributed by atoms with Crippen molar-refractivity contribution in [3.63, 3.8) is 0 Å². The summed E-state index contributed by atoms with van der Waals surface area (Å²) < 4.78 is 5.95. The lowest BCUT2D eigenvalue weighted by molar-refractivity contribution is -0.163. The Hall–Kier alpha value is -1.38. The Morgan fingerprint density at radius 2 is 2.04 bits per heavy atom. The van der Waals surface area contributed by atoms with Gasteiger partial charge in [0.15, 0.2) is 5.78 Å². The molecule has 1 spiro atoms. The van der Waals surface area contributed by atoms with Gasteiger partial charge >= 0.3 is 5.97 Å². The summed E-state index contributed by atoms with van der Waals surface area (Å²) in [5.41, 5.74) is 1.19. The van der Waals surface area contributed by atoms with Gasteiger partial charge in [0.05, 0.1) is 0 Å². The highest BCUT2D eigenvalue weighted by molar-refractivity contribution is 5.91. The summed E-state index contributed by atoms with van der Waals surface area (Å²) in [6, 6.07) is 0. The van der Waals surface area contributed by atoms with Crippen LogP contribution >= 0.6 is 0 Å². The molecule has 5 aliphatic rings. The van der Waals surface area contributed by atoms with E-state index in [2.05, 4.69) is 19.9 Å². The van der Waals surface area contributed by atoms with Crippen molar-refractivity contribution in [1.82, 2.24) is 0 Å². The molecule has 0 aromatic carbocycles. The first-order chi connectivity index (χ1) is 12.5. The molecule has 0 radical (unpaired) electrons. The van der Waals surface area contributed by atoms with Gasteiger partial charge in [-0.25, -0.2) is 4.79 Å². The molecule has 5 rings (SSSR count). The molecule has 0 aromatic heterocycles. The third-order valence-corrected chi connectivity index (χ3v) is 8.95. The van der Waals surface area contributed by atoms with Crippen molar-refractivity contribution >= 4 is 11.8 Å². The van der Waals surface area contributed by atoms with E-state index in [0.717, 1.165) is 43.9 Å². The second-order valence-electron chi connectivity index (χ2n) is 9.69. The summed E-state index contributed by atoms with van der Waals surface area (Å²) in [4.78, 5) is 23.9. The summed E-state index contributed by atoms with van der Waals surface area (Å²) in [5.74, 6) is 3.58. The molecule has 140 valence electrons. The summed E-state index contributed by atoms with van der Waals surface area (Å²) in [7, 11) is 0. The van der Waals surface area contributed by atoms with E-state index in [4.69, 9.17) is 4.74 Å². The Morgan fingerprint density at radius 1 is 1.19 bits per heavy atom. The van der Waals surface area contributed by atoms with E-state index in [1.54, 1.807) is 6.08 Å². The summed E-state index contributed by atoms with van der Waals surface area (Å²) in [6.45, 7) is 4.71. The molecular formula is C23H30O3. The first-order valence-electron chi connectivity index (χ1n) is 10.6. The molecule has 26 heavy (non-hydrogen) atoms. The molecule has 3 nitrogen and oxygen atoms in total. The highest BCUT2D eigenvalue weighted by atomic mass is 16.6. The predicted octanol–water partition coefficient (Wildman–Crippen LogP) is 4.62. The minimum Gasteiger partial charge on any atom is -0.451 e. The Bertz CT molecular complexity index is 719. The molecular weight excluding hydrogens is 324 g/mol. The van der Waals surface area contributed by atoms with Gasteiger partial charge in [0, 0.05) is 17.9 Å². The molecule has 3 saturated carbocycles. The number of carbonyl (C=O) groups excluding carboxylic acids is 2. The number of hydrogen-bond donors (Lipinski definition) is 0. The van der Waals surface area contributed by atoms with Crippen molar-refractivity contribution in [1.29, 1.82) is 0 Å². The molecule has 1 aliphatic heterocycles. The van der Waals surface area contributed by atoms with Crippen LogP contribution in [0.15, 0.2) is 23.8 Å². The highest BCUT2D eigenvalue weighted by Crippen LogP contribution is 2.67. The lowest BCUT2D eigenvalue weighted by Crippen LogP contribution is -2.54. The van der Waals surface area contributed by atoms with E-state index >= 15 is 0 Å². The number of hydrogen-bond acceptors (Lipinski definition) is 3. The monoisotopic (exact) mass is 354 g/mol. The van der Waals surface area contributed by atoms with Crippen LogP contribution in [0.5, 0.6) is 0 Å². The zero-order valence-electron chi connectivity index (χ0n) is 16.0. The van der Waals surface area contributed by atoms with Gasteiger partial charge in [-0.05, 0) is 80.3 Å². The van der Waals surface area contributed by atoms with Crippen molar-refractivity contribution in [2.75, 3.05) is 0 Å². The van der Waals surface area contributed by atoms with Gasteiger partial charge in [-0.2, -0.15) is 0 Å². The zero-order chi connectivity index (χ0) is 18.1. The van der Waals surface area contributed by atoms with Crippen LogP contribution < -0.4 is 0 Å². The van der Waals surface area contributed by atoms with E-state index in [9.17, 15) is 9.59 Å². The molecule has 0 unspecified atom stereocenters. The standard InChI is InChI=1S/C23H30O3/c1-3-14-12-15-13-16(24)4-5-17(15)18-6-9-22(2)19(21(14)18)7-10-23(22)11-8-20(25)26-23/h8,11,13-14,17-19,21H,3-7,9-10,12H2,1-2H3/t14-,17+,18-,19+,21-,22+,23-/m1/s1. The largest absolute Gasteiger partial charge is 0.451 e. The number of esters is 1. The second-order valence-corrected chi connectivity index (χ2v) is 9.69. The normalized spacial score (nSPS) is 49.5. The lowest BCUT2D eigenvalue weighted by Gasteiger charge is -2.57. The van der Waals surface area contributed by atoms with Crippen molar-refractivity contribution in [3.05, 3.63) is 23.8 Å². The molecule has 3 heteroatoms. The maximum absolute atomic E-state index is 12.0. The lowest BCUT2D eigenvalue weighted by atomic mass is 9.48. The summed E-state index contributed by atoms with van der Waals surface area (Å²) in [5, 5.41) is 0. The third kappa shape index (κ3) is 2.06. The van der Waals surface area contributed by atoms with Gasteiger partial charge in [-0.15, -0.1) is 0 Å². The fraction of sp³-hybridized carbons (Fsp3) is 0.739. The number of fused-ring (bicyclic) bond motifs is 6. The first-order valence-corrected chi connectivity index (χ1v) is 10.6. The molecule has 0 aromatic rings. The van der Waals surface area contributed by atoms with Gasteiger partial charge in [0.2, 0.25) is 0 Å².